The predicted molar refractivity (Wildman–Crippen MR) is 119 cm³/mol. The summed E-state index contributed by atoms with van der Waals surface area (Å²) in [5.41, 5.74) is 1.67. The molecular formula is C22H19ClN6O3. The molecule has 0 radical (unpaired) electrons. The third-order valence-corrected chi connectivity index (χ3v) is 4.83. The molecule has 0 bridgehead atoms. The van der Waals surface area contributed by atoms with Gasteiger partial charge in [0.15, 0.2) is 5.75 Å². The Bertz CT molecular complexity index is 1410. The minimum Gasteiger partial charge on any atom is -0.455 e. The number of benzene rings is 2. The lowest BCUT2D eigenvalue weighted by Gasteiger charge is -2.09. The first-order valence-corrected chi connectivity index (χ1v) is 10.2. The van der Waals surface area contributed by atoms with E-state index in [-0.39, 0.29) is 11.1 Å². The van der Waals surface area contributed by atoms with Crippen LogP contribution in [0.5, 0.6) is 11.5 Å². The van der Waals surface area contributed by atoms with E-state index < -0.39 is 0 Å². The first kappa shape index (κ1) is 21.3. The van der Waals surface area contributed by atoms with Crippen LogP contribution < -0.4 is 21.5 Å². The van der Waals surface area contributed by atoms with Crippen LogP contribution in [0.15, 0.2) is 75.4 Å². The molecule has 4 rings (SSSR count). The topological polar surface area (TPSA) is 118 Å². The average molecular weight is 451 g/mol. The zero-order chi connectivity index (χ0) is 22.5. The van der Waals surface area contributed by atoms with Crippen molar-refractivity contribution in [1.82, 2.24) is 25.0 Å². The second kappa shape index (κ2) is 9.44. The molecule has 0 spiro atoms. The maximum Gasteiger partial charge on any atom is 0.277 e. The molecule has 32 heavy (non-hydrogen) atoms. The summed E-state index contributed by atoms with van der Waals surface area (Å²) in [7, 11) is 0. The summed E-state index contributed by atoms with van der Waals surface area (Å²) >= 11 is 5.97. The Morgan fingerprint density at radius 3 is 2.47 bits per heavy atom. The lowest BCUT2D eigenvalue weighted by Crippen LogP contribution is -2.39. The Morgan fingerprint density at radius 1 is 1.03 bits per heavy atom. The van der Waals surface area contributed by atoms with Crippen LogP contribution in [0.2, 0.25) is 5.02 Å². The fourth-order valence-electron chi connectivity index (χ4n) is 2.97. The maximum atomic E-state index is 12.9. The van der Waals surface area contributed by atoms with Gasteiger partial charge in [-0.3, -0.25) is 14.2 Å². The number of aryl methyl sites for hydroxylation is 1. The zero-order valence-electron chi connectivity index (χ0n) is 17.1. The van der Waals surface area contributed by atoms with Gasteiger partial charge in [-0.05, 0) is 48.4 Å². The summed E-state index contributed by atoms with van der Waals surface area (Å²) < 4.78 is 7.16. The van der Waals surface area contributed by atoms with Gasteiger partial charge >= 0.3 is 0 Å². The first-order chi connectivity index (χ1) is 15.5. The van der Waals surface area contributed by atoms with Crippen molar-refractivity contribution in [1.29, 1.82) is 0 Å². The molecule has 2 aromatic carbocycles. The third-order valence-electron chi connectivity index (χ3n) is 4.57. The zero-order valence-corrected chi connectivity index (χ0v) is 17.8. The van der Waals surface area contributed by atoms with Gasteiger partial charge in [-0.1, -0.05) is 30.7 Å². The van der Waals surface area contributed by atoms with E-state index >= 15 is 0 Å². The molecule has 0 saturated heterocycles. The van der Waals surface area contributed by atoms with Crippen LogP contribution in [0.1, 0.15) is 18.2 Å². The minimum atomic E-state index is -0.355. The summed E-state index contributed by atoms with van der Waals surface area (Å²) in [5.74, 6) is 0.835. The van der Waals surface area contributed by atoms with Crippen LogP contribution in [-0.4, -0.2) is 25.0 Å². The van der Waals surface area contributed by atoms with Crippen LogP contribution in [0.3, 0.4) is 0 Å². The van der Waals surface area contributed by atoms with E-state index in [1.165, 1.54) is 12.3 Å². The highest BCUT2D eigenvalue weighted by molar-refractivity contribution is 6.30. The van der Waals surface area contributed by atoms with Crippen LogP contribution in [0.4, 0.5) is 5.69 Å². The lowest BCUT2D eigenvalue weighted by molar-refractivity contribution is 0.477. The van der Waals surface area contributed by atoms with Crippen LogP contribution in [-0.2, 0) is 13.0 Å². The molecule has 0 aliphatic heterocycles. The Kier molecular flexibility index (Phi) is 6.27. The van der Waals surface area contributed by atoms with Crippen molar-refractivity contribution in [3.63, 3.8) is 0 Å². The van der Waals surface area contributed by atoms with E-state index in [4.69, 9.17) is 16.3 Å². The summed E-state index contributed by atoms with van der Waals surface area (Å²) in [6.45, 7) is 2.19. The number of halogens is 1. The second-order valence-corrected chi connectivity index (χ2v) is 7.29. The standard InChI is InChI=1S/C22H19ClN6O3/c1-2-19-21(31)29(13-14-3-5-15(23)6-4-14)22(28-26-19)25-16-7-9-17(10-8-16)32-18-11-20(30)27-24-12-18/h3-12H,2,13H2,1H3,(H,25,28)(H,27,30). The van der Waals surface area contributed by atoms with Gasteiger partial charge in [0.2, 0.25) is 5.62 Å². The minimum absolute atomic E-state index is 0.207. The molecule has 0 unspecified atom stereocenters. The molecule has 10 heteroatoms. The number of aromatic amines is 2. The molecule has 0 fully saturated rings. The molecule has 2 aromatic heterocycles. The van der Waals surface area contributed by atoms with E-state index in [2.05, 4.69) is 25.4 Å². The van der Waals surface area contributed by atoms with Crippen LogP contribution in [0, 0.1) is 0 Å². The highest BCUT2D eigenvalue weighted by atomic mass is 35.5. The number of H-pyrrole nitrogens is 2. The number of ether oxygens (including phenoxy) is 1. The Balaban J connectivity index is 1.66. The molecule has 2 heterocycles. The summed E-state index contributed by atoms with van der Waals surface area (Å²) in [4.78, 5) is 28.8. The summed E-state index contributed by atoms with van der Waals surface area (Å²) in [5, 5.41) is 13.6. The molecule has 0 aliphatic carbocycles. The van der Waals surface area contributed by atoms with Gasteiger partial charge in [0.05, 0.1) is 18.4 Å². The quantitative estimate of drug-likeness (QED) is 0.468. The van der Waals surface area contributed by atoms with Gasteiger partial charge in [-0.15, -0.1) is 0 Å². The largest absolute Gasteiger partial charge is 0.455 e. The van der Waals surface area contributed by atoms with Crippen molar-refractivity contribution in [2.75, 3.05) is 0 Å². The smallest absolute Gasteiger partial charge is 0.277 e. The molecule has 0 atom stereocenters. The molecule has 0 amide bonds. The van der Waals surface area contributed by atoms with Crippen LogP contribution in [0.25, 0.3) is 0 Å². The molecule has 162 valence electrons. The molecule has 9 nitrogen and oxygen atoms in total. The Hall–Kier alpha value is -3.98. The van der Waals surface area contributed by atoms with E-state index in [9.17, 15) is 9.59 Å². The maximum absolute atomic E-state index is 12.9. The van der Waals surface area contributed by atoms with E-state index in [0.717, 1.165) is 5.56 Å². The Labute approximate surface area is 187 Å². The van der Waals surface area contributed by atoms with Gasteiger partial charge in [-0.25, -0.2) is 15.2 Å². The molecular weight excluding hydrogens is 432 g/mol. The SMILES string of the molecule is CCc1n[nH]/c(=N\c2ccc(Oc3cn[nH]c(=O)c3)cc2)n(Cc2ccc(Cl)cc2)c1=O. The second-order valence-electron chi connectivity index (χ2n) is 6.85. The predicted octanol–water partition coefficient (Wildman–Crippen LogP) is 2.94. The van der Waals surface area contributed by atoms with Crippen molar-refractivity contribution < 1.29 is 4.74 Å². The fraction of sp³-hybridized carbons (Fsp3) is 0.136. The van der Waals surface area contributed by atoms with Crippen molar-refractivity contribution in [3.8, 4) is 11.5 Å². The van der Waals surface area contributed by atoms with Gasteiger partial charge in [0.25, 0.3) is 11.1 Å². The normalized spacial score (nSPS) is 11.5. The van der Waals surface area contributed by atoms with Crippen molar-refractivity contribution in [2.45, 2.75) is 19.9 Å². The third kappa shape index (κ3) is 5.01. The lowest BCUT2D eigenvalue weighted by atomic mass is 10.2. The highest BCUT2D eigenvalue weighted by Gasteiger charge is 2.08. The number of aromatic nitrogens is 5. The number of rotatable bonds is 6. The van der Waals surface area contributed by atoms with Gasteiger partial charge in [0, 0.05) is 11.1 Å². The van der Waals surface area contributed by atoms with Gasteiger partial charge in [-0.2, -0.15) is 10.2 Å². The molecule has 0 aliphatic rings. The number of hydrogen-bond acceptors (Lipinski definition) is 6. The first-order valence-electron chi connectivity index (χ1n) is 9.82. The van der Waals surface area contributed by atoms with Crippen LogP contribution >= 0.6 is 11.6 Å². The number of nitrogens with zero attached hydrogens (tertiary/aromatic N) is 4. The van der Waals surface area contributed by atoms with E-state index in [1.54, 1.807) is 41.0 Å². The number of hydrogen-bond donors (Lipinski definition) is 2. The van der Waals surface area contributed by atoms with Crippen molar-refractivity contribution in [2.24, 2.45) is 4.99 Å². The highest BCUT2D eigenvalue weighted by Crippen LogP contribution is 2.22. The molecule has 2 N–H and O–H groups in total. The molecule has 0 saturated carbocycles. The Morgan fingerprint density at radius 2 is 1.78 bits per heavy atom. The van der Waals surface area contributed by atoms with Crippen molar-refractivity contribution in [3.05, 3.63) is 103 Å². The fourth-order valence-corrected chi connectivity index (χ4v) is 3.10. The van der Waals surface area contributed by atoms with E-state index in [1.807, 2.05) is 19.1 Å². The average Bonchev–Trinajstić information content (AvgIpc) is 2.79. The van der Waals surface area contributed by atoms with E-state index in [0.29, 0.717) is 46.5 Å². The van der Waals surface area contributed by atoms with Gasteiger partial charge in [0.1, 0.15) is 11.4 Å². The summed E-state index contributed by atoms with van der Waals surface area (Å²) in [6.07, 6.45) is 1.91. The monoisotopic (exact) mass is 450 g/mol. The number of nitrogens with one attached hydrogen (secondary N) is 2. The van der Waals surface area contributed by atoms with Crippen molar-refractivity contribution >= 4 is 17.3 Å². The summed E-state index contributed by atoms with van der Waals surface area (Å²) in [6, 6.07) is 15.4. The van der Waals surface area contributed by atoms with Gasteiger partial charge < -0.3 is 4.74 Å². The molecule has 4 aromatic rings.